The van der Waals surface area contributed by atoms with Gasteiger partial charge in [0.25, 0.3) is 5.91 Å². The van der Waals surface area contributed by atoms with Crippen LogP contribution < -0.4 is 20.4 Å². The molecule has 9 nitrogen and oxygen atoms in total. The minimum atomic E-state index is -4.42. The van der Waals surface area contributed by atoms with Crippen molar-refractivity contribution in [3.8, 4) is 11.1 Å². The molecule has 276 valence electrons. The standard InChI is InChI=1S/C40H45F3N4O5/c1-5-46(30-8-14-51-15-9-30)35-21-29(19-31(27(35)4)38(50)44-22-32-25(2)18-26(3)45-34(32)23-48)28-6-7-33-36(20-28)47(13-10-40(41,42)43)37(24-49)39(33)11-16-52-17-12-39/h6-7,18-21,30,45H,5,8-17,22H2,1-4H3,(H,44,50). The number of ether oxygens (including phenoxy) is 2. The van der Waals surface area contributed by atoms with Crippen LogP contribution in [0.1, 0.15) is 74.4 Å². The highest BCUT2D eigenvalue weighted by Gasteiger charge is 2.50. The number of allylic oxidation sites excluding steroid dienone is 4. The van der Waals surface area contributed by atoms with Gasteiger partial charge in [-0.15, -0.1) is 0 Å². The number of alkyl halides is 3. The Bertz CT molecular complexity index is 1890. The first-order valence-electron chi connectivity index (χ1n) is 17.9. The number of nitrogens with one attached hydrogen (secondary N) is 2. The second-order valence-electron chi connectivity index (χ2n) is 14.0. The molecule has 2 aromatic rings. The van der Waals surface area contributed by atoms with E-state index in [1.165, 1.54) is 4.90 Å². The number of hydrogen-bond donors (Lipinski definition) is 2. The molecule has 0 aromatic heterocycles. The van der Waals surface area contributed by atoms with Gasteiger partial charge in [0.2, 0.25) is 0 Å². The third-order valence-corrected chi connectivity index (χ3v) is 10.9. The summed E-state index contributed by atoms with van der Waals surface area (Å²) in [5, 5.41) is 6.04. The molecule has 1 amide bonds. The first kappa shape index (κ1) is 37.2. The molecule has 2 fully saturated rings. The summed E-state index contributed by atoms with van der Waals surface area (Å²) in [6.45, 7) is 10.1. The van der Waals surface area contributed by atoms with E-state index in [4.69, 9.17) is 9.47 Å². The summed E-state index contributed by atoms with van der Waals surface area (Å²) >= 11 is 0. The quantitative estimate of drug-likeness (QED) is 0.285. The smallest absolute Gasteiger partial charge is 0.381 e. The Morgan fingerprint density at radius 2 is 1.73 bits per heavy atom. The zero-order valence-corrected chi connectivity index (χ0v) is 30.1. The summed E-state index contributed by atoms with van der Waals surface area (Å²) in [5.41, 5.74) is 6.82. The highest BCUT2D eigenvalue weighted by molar-refractivity contribution is 5.99. The lowest BCUT2D eigenvalue weighted by atomic mass is 9.73. The van der Waals surface area contributed by atoms with Crippen molar-refractivity contribution in [3.63, 3.8) is 0 Å². The van der Waals surface area contributed by atoms with Crippen LogP contribution in [0.2, 0.25) is 0 Å². The number of rotatable bonds is 9. The van der Waals surface area contributed by atoms with Crippen molar-refractivity contribution in [1.29, 1.82) is 0 Å². The molecule has 52 heavy (non-hydrogen) atoms. The van der Waals surface area contributed by atoms with Crippen molar-refractivity contribution >= 4 is 29.2 Å². The van der Waals surface area contributed by atoms with Crippen molar-refractivity contribution in [1.82, 2.24) is 10.6 Å². The molecule has 4 heterocycles. The molecular weight excluding hydrogens is 673 g/mol. The monoisotopic (exact) mass is 718 g/mol. The van der Waals surface area contributed by atoms with E-state index in [0.29, 0.717) is 73.8 Å². The SMILES string of the molecule is CCN(c1cc(-c2ccc3c(c2)N(CCC(F)(F)F)C(=C=O)C32CCOCC2)cc(C(=O)NCC2=C(C)C=C(C)NC2=C=O)c1C)C1CCOCC1. The van der Waals surface area contributed by atoms with Crippen molar-refractivity contribution in [3.05, 3.63) is 81.3 Å². The number of hydrogen-bond acceptors (Lipinski definition) is 8. The number of carbonyl (C=O) groups excluding carboxylic acids is 3. The van der Waals surface area contributed by atoms with Gasteiger partial charge in [0.15, 0.2) is 5.94 Å². The third kappa shape index (κ3) is 7.21. The van der Waals surface area contributed by atoms with E-state index in [1.807, 2.05) is 69.1 Å². The van der Waals surface area contributed by atoms with Gasteiger partial charge in [0, 0.05) is 80.3 Å². The normalized spacial score (nSPS) is 18.8. The summed E-state index contributed by atoms with van der Waals surface area (Å²) < 4.78 is 52.0. The first-order valence-corrected chi connectivity index (χ1v) is 17.9. The van der Waals surface area contributed by atoms with Gasteiger partial charge in [0.1, 0.15) is 17.3 Å². The van der Waals surface area contributed by atoms with Crippen LogP contribution in [0.4, 0.5) is 24.5 Å². The van der Waals surface area contributed by atoms with Gasteiger partial charge in [-0.25, -0.2) is 9.59 Å². The molecule has 0 bridgehead atoms. The van der Waals surface area contributed by atoms with Gasteiger partial charge in [-0.1, -0.05) is 12.1 Å². The molecule has 0 saturated carbocycles. The van der Waals surface area contributed by atoms with Crippen LogP contribution >= 0.6 is 0 Å². The van der Waals surface area contributed by atoms with E-state index in [2.05, 4.69) is 22.5 Å². The van der Waals surface area contributed by atoms with E-state index in [1.54, 1.807) is 0 Å². The van der Waals surface area contributed by atoms with Crippen LogP contribution in [0.3, 0.4) is 0 Å². The predicted molar refractivity (Wildman–Crippen MR) is 194 cm³/mol. The van der Waals surface area contributed by atoms with Crippen molar-refractivity contribution in [2.45, 2.75) is 77.4 Å². The maximum atomic E-state index is 14.1. The lowest BCUT2D eigenvalue weighted by Gasteiger charge is -2.37. The number of halogens is 3. The van der Waals surface area contributed by atoms with Gasteiger partial charge < -0.3 is 29.9 Å². The number of benzene rings is 2. The maximum Gasteiger partial charge on any atom is 0.390 e. The highest BCUT2D eigenvalue weighted by atomic mass is 19.4. The van der Waals surface area contributed by atoms with Crippen LogP contribution in [0, 0.1) is 6.92 Å². The molecule has 6 rings (SSSR count). The third-order valence-electron chi connectivity index (χ3n) is 10.9. The fourth-order valence-corrected chi connectivity index (χ4v) is 8.21. The summed E-state index contributed by atoms with van der Waals surface area (Å²) in [4.78, 5) is 42.2. The van der Waals surface area contributed by atoms with Crippen LogP contribution in [-0.4, -0.2) is 76.1 Å². The molecular formula is C40H45F3N4O5. The Hall–Kier alpha value is -4.60. The number of dihydropyridines is 1. The molecule has 1 spiro atoms. The molecule has 4 aliphatic heterocycles. The Morgan fingerprint density at radius 3 is 2.38 bits per heavy atom. The molecule has 4 aliphatic rings. The predicted octanol–water partition coefficient (Wildman–Crippen LogP) is 6.47. The number of nitrogens with zero attached hydrogens (tertiary/aromatic N) is 2. The van der Waals surface area contributed by atoms with E-state index in [-0.39, 0.29) is 29.9 Å². The summed E-state index contributed by atoms with van der Waals surface area (Å²) in [6, 6.07) is 9.71. The number of fused-ring (bicyclic) bond motifs is 2. The Balaban J connectivity index is 1.45. The molecule has 2 aromatic carbocycles. The van der Waals surface area contributed by atoms with Gasteiger partial charge in [-0.2, -0.15) is 13.2 Å². The zero-order chi connectivity index (χ0) is 37.2. The summed E-state index contributed by atoms with van der Waals surface area (Å²) in [6.07, 6.45) is -1.03. The van der Waals surface area contributed by atoms with Gasteiger partial charge in [-0.05, 0) is 105 Å². The average Bonchev–Trinajstić information content (AvgIpc) is 3.38. The van der Waals surface area contributed by atoms with E-state index in [9.17, 15) is 27.6 Å². The zero-order valence-electron chi connectivity index (χ0n) is 30.1. The fourth-order valence-electron chi connectivity index (χ4n) is 8.21. The van der Waals surface area contributed by atoms with Crippen LogP contribution in [0.5, 0.6) is 0 Å². The second-order valence-corrected chi connectivity index (χ2v) is 14.0. The molecule has 0 atom stereocenters. The highest BCUT2D eigenvalue weighted by Crippen LogP contribution is 2.53. The second kappa shape index (κ2) is 15.2. The van der Waals surface area contributed by atoms with Crippen LogP contribution in [-0.2, 0) is 24.5 Å². The number of anilines is 2. The van der Waals surface area contributed by atoms with E-state index < -0.39 is 24.6 Å². The number of carbonyl (C=O) groups is 1. The summed E-state index contributed by atoms with van der Waals surface area (Å²) in [5.74, 6) is 3.65. The minimum Gasteiger partial charge on any atom is -0.381 e. The molecule has 0 unspecified atom stereocenters. The summed E-state index contributed by atoms with van der Waals surface area (Å²) in [7, 11) is 0. The lowest BCUT2D eigenvalue weighted by molar-refractivity contribution is -0.132. The van der Waals surface area contributed by atoms with E-state index >= 15 is 0 Å². The first-order chi connectivity index (χ1) is 24.9. The van der Waals surface area contributed by atoms with Crippen molar-refractivity contribution < 1.29 is 37.0 Å². The van der Waals surface area contributed by atoms with Gasteiger partial charge in [0.05, 0.1) is 11.8 Å². The fraction of sp³-hybridized carbons (Fsp3) is 0.475. The largest absolute Gasteiger partial charge is 0.390 e. The Morgan fingerprint density at radius 1 is 1.02 bits per heavy atom. The molecule has 2 saturated heterocycles. The van der Waals surface area contributed by atoms with Crippen molar-refractivity contribution in [2.75, 3.05) is 55.9 Å². The van der Waals surface area contributed by atoms with E-state index in [0.717, 1.165) is 40.9 Å². The lowest BCUT2D eigenvalue weighted by Crippen LogP contribution is -2.40. The molecule has 0 radical (unpaired) electrons. The number of amides is 1. The van der Waals surface area contributed by atoms with Crippen LogP contribution in [0.15, 0.2) is 64.6 Å². The van der Waals surface area contributed by atoms with Gasteiger partial charge >= 0.3 is 6.18 Å². The topological polar surface area (TPSA) is 100 Å². The maximum absolute atomic E-state index is 14.1. The van der Waals surface area contributed by atoms with Crippen LogP contribution in [0.25, 0.3) is 11.1 Å². The molecule has 0 aliphatic carbocycles. The van der Waals surface area contributed by atoms with Crippen molar-refractivity contribution in [2.24, 2.45) is 0 Å². The molecule has 12 heteroatoms. The molecule has 2 N–H and O–H groups in total. The van der Waals surface area contributed by atoms with Gasteiger partial charge in [-0.3, -0.25) is 4.79 Å². The average molecular weight is 719 g/mol. The Labute approximate surface area is 302 Å². The minimum absolute atomic E-state index is 0.0993. The Kier molecular flexibility index (Phi) is 10.8.